The molecule has 0 aliphatic heterocycles. The van der Waals surface area contributed by atoms with Crippen LogP contribution in [0.2, 0.25) is 0 Å². The van der Waals surface area contributed by atoms with Gasteiger partial charge in [-0.25, -0.2) is 0 Å². The van der Waals surface area contributed by atoms with Gasteiger partial charge in [-0.2, -0.15) is 0 Å². The molecule has 3 aromatic carbocycles. The summed E-state index contributed by atoms with van der Waals surface area (Å²) < 4.78 is 0. The van der Waals surface area contributed by atoms with E-state index in [1.54, 1.807) is 11.8 Å². The molecule has 0 saturated carbocycles. The molecule has 0 radical (unpaired) electrons. The summed E-state index contributed by atoms with van der Waals surface area (Å²) in [6.07, 6.45) is 0.566. The number of carbonyl (C=O) groups is 1. The summed E-state index contributed by atoms with van der Waals surface area (Å²) in [6.45, 7) is 2.08. The Labute approximate surface area is 135 Å². The quantitative estimate of drug-likeness (QED) is 0.456. The predicted octanol–water partition coefficient (Wildman–Crippen LogP) is 5.51. The zero-order chi connectivity index (χ0) is 15.4. The smallest absolute Gasteiger partial charge is 0.163 e. The highest BCUT2D eigenvalue weighted by Gasteiger charge is 2.07. The first-order valence-electron chi connectivity index (χ1n) is 7.44. The van der Waals surface area contributed by atoms with E-state index >= 15 is 0 Å². The SMILES string of the molecule is Cc1ccc(SCCC(=O)c2ccc3ccccc3c2)cc1. The molecule has 0 amide bonds. The molecule has 0 saturated heterocycles. The summed E-state index contributed by atoms with van der Waals surface area (Å²) in [6, 6.07) is 22.5. The standard InChI is InChI=1S/C20H18OS/c1-15-6-10-19(11-7-15)22-13-12-20(21)18-9-8-16-4-2-3-5-17(16)14-18/h2-11,14H,12-13H2,1H3. The summed E-state index contributed by atoms with van der Waals surface area (Å²) in [5, 5.41) is 2.30. The Bertz CT molecular complexity index is 790. The van der Waals surface area contributed by atoms with E-state index in [4.69, 9.17) is 0 Å². The molecule has 3 rings (SSSR count). The van der Waals surface area contributed by atoms with E-state index in [1.165, 1.54) is 15.8 Å². The molecule has 0 unspecified atom stereocenters. The zero-order valence-electron chi connectivity index (χ0n) is 12.6. The molecular formula is C20H18OS. The normalized spacial score (nSPS) is 10.8. The lowest BCUT2D eigenvalue weighted by atomic mass is 10.0. The van der Waals surface area contributed by atoms with Gasteiger partial charge in [-0.15, -0.1) is 11.8 Å². The van der Waals surface area contributed by atoms with Gasteiger partial charge in [-0.1, -0.05) is 54.1 Å². The Balaban J connectivity index is 1.62. The average molecular weight is 306 g/mol. The van der Waals surface area contributed by atoms with Crippen molar-refractivity contribution in [3.63, 3.8) is 0 Å². The van der Waals surface area contributed by atoms with Gasteiger partial charge in [0.2, 0.25) is 0 Å². The van der Waals surface area contributed by atoms with E-state index in [-0.39, 0.29) is 5.78 Å². The van der Waals surface area contributed by atoms with Crippen molar-refractivity contribution in [2.75, 3.05) is 5.75 Å². The van der Waals surface area contributed by atoms with Gasteiger partial charge in [0.15, 0.2) is 5.78 Å². The largest absolute Gasteiger partial charge is 0.294 e. The van der Waals surface area contributed by atoms with Gasteiger partial charge in [0.05, 0.1) is 0 Å². The van der Waals surface area contributed by atoms with Crippen molar-refractivity contribution in [2.45, 2.75) is 18.2 Å². The van der Waals surface area contributed by atoms with Crippen molar-refractivity contribution in [1.29, 1.82) is 0 Å². The van der Waals surface area contributed by atoms with Crippen LogP contribution in [0.25, 0.3) is 10.8 Å². The second kappa shape index (κ2) is 6.80. The van der Waals surface area contributed by atoms with Crippen molar-refractivity contribution in [1.82, 2.24) is 0 Å². The lowest BCUT2D eigenvalue weighted by Crippen LogP contribution is -2.00. The number of rotatable bonds is 5. The number of hydrogen-bond acceptors (Lipinski definition) is 2. The summed E-state index contributed by atoms with van der Waals surface area (Å²) in [5.41, 5.74) is 2.07. The number of benzene rings is 3. The maximum absolute atomic E-state index is 12.3. The van der Waals surface area contributed by atoms with E-state index in [9.17, 15) is 4.79 Å². The van der Waals surface area contributed by atoms with Crippen molar-refractivity contribution in [3.05, 3.63) is 77.9 Å². The van der Waals surface area contributed by atoms with Gasteiger partial charge in [0.25, 0.3) is 0 Å². The monoisotopic (exact) mass is 306 g/mol. The molecule has 0 fully saturated rings. The maximum Gasteiger partial charge on any atom is 0.163 e. The average Bonchev–Trinajstić information content (AvgIpc) is 2.56. The third-order valence-electron chi connectivity index (χ3n) is 3.69. The Morgan fingerprint density at radius 3 is 2.41 bits per heavy atom. The molecule has 0 aromatic heterocycles. The molecule has 22 heavy (non-hydrogen) atoms. The summed E-state index contributed by atoms with van der Waals surface area (Å²) in [5.74, 6) is 1.03. The Kier molecular flexibility index (Phi) is 4.59. The van der Waals surface area contributed by atoms with E-state index in [0.29, 0.717) is 6.42 Å². The van der Waals surface area contributed by atoms with Gasteiger partial charge in [-0.05, 0) is 35.9 Å². The third-order valence-corrected chi connectivity index (χ3v) is 4.70. The first-order chi connectivity index (χ1) is 10.7. The number of carbonyl (C=O) groups excluding carboxylic acids is 1. The number of thioether (sulfide) groups is 1. The Hall–Kier alpha value is -2.06. The van der Waals surface area contributed by atoms with Gasteiger partial charge < -0.3 is 0 Å². The Morgan fingerprint density at radius 1 is 0.909 bits per heavy atom. The molecule has 0 N–H and O–H groups in total. The summed E-state index contributed by atoms with van der Waals surface area (Å²) >= 11 is 1.73. The number of aryl methyl sites for hydroxylation is 1. The maximum atomic E-state index is 12.3. The van der Waals surface area contributed by atoms with Gasteiger partial charge in [0.1, 0.15) is 0 Å². The molecule has 1 nitrogen and oxygen atoms in total. The van der Waals surface area contributed by atoms with E-state index in [1.807, 2.05) is 36.4 Å². The van der Waals surface area contributed by atoms with Gasteiger partial charge in [-0.3, -0.25) is 4.79 Å². The van der Waals surface area contributed by atoms with Crippen molar-refractivity contribution >= 4 is 28.3 Å². The van der Waals surface area contributed by atoms with Crippen LogP contribution in [0.3, 0.4) is 0 Å². The minimum absolute atomic E-state index is 0.213. The van der Waals surface area contributed by atoms with Crippen LogP contribution in [0, 0.1) is 6.92 Å². The van der Waals surface area contributed by atoms with Crippen LogP contribution in [0.5, 0.6) is 0 Å². The van der Waals surface area contributed by atoms with E-state index in [2.05, 4.69) is 37.3 Å². The van der Waals surface area contributed by atoms with E-state index in [0.717, 1.165) is 16.7 Å². The molecule has 0 heterocycles. The first-order valence-corrected chi connectivity index (χ1v) is 8.42. The molecular weight excluding hydrogens is 288 g/mol. The highest BCUT2D eigenvalue weighted by molar-refractivity contribution is 7.99. The molecule has 0 atom stereocenters. The molecule has 3 aromatic rings. The third kappa shape index (κ3) is 3.58. The van der Waals surface area contributed by atoms with Crippen LogP contribution in [0.15, 0.2) is 71.6 Å². The lowest BCUT2D eigenvalue weighted by molar-refractivity contribution is 0.0989. The predicted molar refractivity (Wildman–Crippen MR) is 94.8 cm³/mol. The van der Waals surface area contributed by atoms with Crippen molar-refractivity contribution in [3.8, 4) is 0 Å². The highest BCUT2D eigenvalue weighted by atomic mass is 32.2. The van der Waals surface area contributed by atoms with Crippen molar-refractivity contribution in [2.24, 2.45) is 0 Å². The van der Waals surface area contributed by atoms with Gasteiger partial charge >= 0.3 is 0 Å². The fourth-order valence-corrected chi connectivity index (χ4v) is 3.25. The van der Waals surface area contributed by atoms with Crippen LogP contribution in [0.1, 0.15) is 22.3 Å². The molecule has 0 bridgehead atoms. The molecule has 0 aliphatic carbocycles. The molecule has 0 spiro atoms. The first kappa shape index (κ1) is 14.9. The minimum Gasteiger partial charge on any atom is -0.294 e. The number of fused-ring (bicyclic) bond motifs is 1. The molecule has 0 aliphatic rings. The fourth-order valence-electron chi connectivity index (χ4n) is 2.40. The van der Waals surface area contributed by atoms with Crippen LogP contribution >= 0.6 is 11.8 Å². The summed E-state index contributed by atoms with van der Waals surface area (Å²) in [4.78, 5) is 13.5. The minimum atomic E-state index is 0.213. The van der Waals surface area contributed by atoms with E-state index < -0.39 is 0 Å². The second-order valence-corrected chi connectivity index (χ2v) is 6.56. The number of Topliss-reactive ketones (excluding diaryl/α,β-unsaturated/α-hetero) is 1. The topological polar surface area (TPSA) is 17.1 Å². The zero-order valence-corrected chi connectivity index (χ0v) is 13.4. The second-order valence-electron chi connectivity index (χ2n) is 5.40. The van der Waals surface area contributed by atoms with Crippen molar-refractivity contribution < 1.29 is 4.79 Å². The lowest BCUT2D eigenvalue weighted by Gasteiger charge is -2.04. The fraction of sp³-hybridized carbons (Fsp3) is 0.150. The van der Waals surface area contributed by atoms with Crippen LogP contribution in [-0.4, -0.2) is 11.5 Å². The van der Waals surface area contributed by atoms with Crippen LogP contribution < -0.4 is 0 Å². The Morgan fingerprint density at radius 2 is 1.64 bits per heavy atom. The highest BCUT2D eigenvalue weighted by Crippen LogP contribution is 2.21. The van der Waals surface area contributed by atoms with Crippen LogP contribution in [-0.2, 0) is 0 Å². The number of hydrogen-bond donors (Lipinski definition) is 0. The molecule has 2 heteroatoms. The summed E-state index contributed by atoms with van der Waals surface area (Å²) in [7, 11) is 0. The molecule has 110 valence electrons. The number of ketones is 1. The van der Waals surface area contributed by atoms with Gasteiger partial charge in [0, 0.05) is 22.6 Å². The van der Waals surface area contributed by atoms with Crippen LogP contribution in [0.4, 0.5) is 0 Å².